The van der Waals surface area contributed by atoms with Gasteiger partial charge in [-0.1, -0.05) is 25.1 Å². The molecule has 1 aliphatic rings. The lowest BCUT2D eigenvalue weighted by atomic mass is 9.84. The molecular weight excluding hydrogens is 385 g/mol. The minimum Gasteiger partial charge on any atom is -0.455 e. The Balaban J connectivity index is 0.00000182. The Morgan fingerprint density at radius 1 is 1.22 bits per heavy atom. The predicted molar refractivity (Wildman–Crippen MR) is 113 cm³/mol. The number of carbonyl (C=O) groups excluding carboxylic acids is 1. The van der Waals surface area contributed by atoms with Crippen molar-refractivity contribution in [2.45, 2.75) is 26.2 Å². The SMILES string of the molecule is CC(CC(=O)Nc1cnccc1Oc1ccccc1)C1CCNCC1.Cl.Cl. The molecule has 0 saturated carbocycles. The number of nitrogens with one attached hydrogen (secondary N) is 2. The van der Waals surface area contributed by atoms with Gasteiger partial charge in [0.1, 0.15) is 11.4 Å². The van der Waals surface area contributed by atoms with Gasteiger partial charge in [0.25, 0.3) is 0 Å². The molecule has 2 aromatic rings. The number of halogens is 2. The minimum absolute atomic E-state index is 0. The summed E-state index contributed by atoms with van der Waals surface area (Å²) in [6.45, 7) is 4.27. The number of hydrogen-bond acceptors (Lipinski definition) is 4. The largest absolute Gasteiger partial charge is 0.455 e. The van der Waals surface area contributed by atoms with Gasteiger partial charge in [0.2, 0.25) is 5.91 Å². The fraction of sp³-hybridized carbons (Fsp3) is 0.400. The summed E-state index contributed by atoms with van der Waals surface area (Å²) < 4.78 is 5.87. The molecule has 0 spiro atoms. The number of anilines is 1. The highest BCUT2D eigenvalue weighted by Crippen LogP contribution is 2.29. The molecule has 148 valence electrons. The van der Waals surface area contributed by atoms with E-state index in [-0.39, 0.29) is 30.7 Å². The molecule has 0 aliphatic carbocycles. The van der Waals surface area contributed by atoms with Gasteiger partial charge in [-0.3, -0.25) is 9.78 Å². The fourth-order valence-corrected chi connectivity index (χ4v) is 3.25. The summed E-state index contributed by atoms with van der Waals surface area (Å²) in [6, 6.07) is 11.3. The van der Waals surface area contributed by atoms with Gasteiger partial charge in [-0.05, 0) is 49.9 Å². The number of aromatic nitrogens is 1. The van der Waals surface area contributed by atoms with E-state index in [0.29, 0.717) is 29.7 Å². The van der Waals surface area contributed by atoms with Crippen molar-refractivity contribution in [2.24, 2.45) is 11.8 Å². The second kappa shape index (κ2) is 11.8. The van der Waals surface area contributed by atoms with E-state index in [4.69, 9.17) is 4.74 Å². The van der Waals surface area contributed by atoms with Gasteiger partial charge in [-0.15, -0.1) is 24.8 Å². The van der Waals surface area contributed by atoms with Gasteiger partial charge in [0.15, 0.2) is 5.75 Å². The first-order chi connectivity index (χ1) is 12.2. The van der Waals surface area contributed by atoms with Gasteiger partial charge in [-0.2, -0.15) is 0 Å². The lowest BCUT2D eigenvalue weighted by Gasteiger charge is -2.27. The summed E-state index contributed by atoms with van der Waals surface area (Å²) in [7, 11) is 0. The summed E-state index contributed by atoms with van der Waals surface area (Å²) in [5.74, 6) is 2.33. The molecule has 1 aromatic carbocycles. The van der Waals surface area contributed by atoms with E-state index in [1.54, 1.807) is 18.5 Å². The molecule has 1 saturated heterocycles. The molecule has 1 amide bonds. The third kappa shape index (κ3) is 7.01. The maximum Gasteiger partial charge on any atom is 0.224 e. The van der Waals surface area contributed by atoms with Crippen LogP contribution in [-0.4, -0.2) is 24.0 Å². The van der Waals surface area contributed by atoms with Gasteiger partial charge >= 0.3 is 0 Å². The average Bonchev–Trinajstić information content (AvgIpc) is 2.65. The zero-order valence-electron chi connectivity index (χ0n) is 15.4. The quantitative estimate of drug-likeness (QED) is 0.723. The first kappa shape index (κ1) is 23.2. The van der Waals surface area contributed by atoms with E-state index in [1.807, 2.05) is 30.3 Å². The molecule has 7 heteroatoms. The smallest absolute Gasteiger partial charge is 0.224 e. The molecule has 0 bridgehead atoms. The lowest BCUT2D eigenvalue weighted by molar-refractivity contribution is -0.117. The molecule has 27 heavy (non-hydrogen) atoms. The summed E-state index contributed by atoms with van der Waals surface area (Å²) >= 11 is 0. The third-order valence-electron chi connectivity index (χ3n) is 4.72. The van der Waals surface area contributed by atoms with Crippen LogP contribution in [0.2, 0.25) is 0 Å². The number of piperidine rings is 1. The molecule has 2 N–H and O–H groups in total. The van der Waals surface area contributed by atoms with Crippen LogP contribution in [0, 0.1) is 11.8 Å². The van der Waals surface area contributed by atoms with Crippen LogP contribution in [-0.2, 0) is 4.79 Å². The number of benzene rings is 1. The van der Waals surface area contributed by atoms with Crippen molar-refractivity contribution in [1.82, 2.24) is 10.3 Å². The van der Waals surface area contributed by atoms with E-state index >= 15 is 0 Å². The van der Waals surface area contributed by atoms with Crippen molar-refractivity contribution in [3.05, 3.63) is 48.8 Å². The molecule has 0 radical (unpaired) electrons. The summed E-state index contributed by atoms with van der Waals surface area (Å²) in [4.78, 5) is 16.6. The summed E-state index contributed by atoms with van der Waals surface area (Å²) in [6.07, 6.45) is 6.09. The highest BCUT2D eigenvalue weighted by atomic mass is 35.5. The van der Waals surface area contributed by atoms with Gasteiger partial charge in [0.05, 0.1) is 6.20 Å². The Morgan fingerprint density at radius 2 is 1.93 bits per heavy atom. The number of para-hydroxylation sites is 1. The zero-order chi connectivity index (χ0) is 17.5. The molecule has 2 heterocycles. The summed E-state index contributed by atoms with van der Waals surface area (Å²) in [5, 5.41) is 6.33. The Hall–Kier alpha value is -1.82. The van der Waals surface area contributed by atoms with Crippen LogP contribution in [0.5, 0.6) is 11.5 Å². The number of rotatable bonds is 6. The number of nitrogens with zero attached hydrogens (tertiary/aromatic N) is 1. The first-order valence-electron chi connectivity index (χ1n) is 8.90. The van der Waals surface area contributed by atoms with Crippen molar-refractivity contribution in [1.29, 1.82) is 0 Å². The first-order valence-corrected chi connectivity index (χ1v) is 8.90. The van der Waals surface area contributed by atoms with Crippen LogP contribution in [0.1, 0.15) is 26.2 Å². The van der Waals surface area contributed by atoms with Crippen LogP contribution in [0.15, 0.2) is 48.8 Å². The number of ether oxygens (including phenoxy) is 1. The van der Waals surface area contributed by atoms with E-state index in [9.17, 15) is 4.79 Å². The van der Waals surface area contributed by atoms with Crippen LogP contribution in [0.25, 0.3) is 0 Å². The topological polar surface area (TPSA) is 63.2 Å². The standard InChI is InChI=1S/C20H25N3O2.2ClH/c1-15(16-7-10-21-11-8-16)13-20(24)23-18-14-22-12-9-19(18)25-17-5-3-2-4-6-17;;/h2-6,9,12,14-16,21H,7-8,10-11,13H2,1H3,(H,23,24);2*1H. The van der Waals surface area contributed by atoms with Gasteiger partial charge < -0.3 is 15.4 Å². The molecule has 1 fully saturated rings. The van der Waals surface area contributed by atoms with Crippen LogP contribution in [0.4, 0.5) is 5.69 Å². The molecular formula is C20H27Cl2N3O2. The van der Waals surface area contributed by atoms with E-state index in [1.165, 1.54) is 0 Å². The van der Waals surface area contributed by atoms with Crippen LogP contribution < -0.4 is 15.4 Å². The molecule has 1 aromatic heterocycles. The number of amides is 1. The monoisotopic (exact) mass is 411 g/mol. The third-order valence-corrected chi connectivity index (χ3v) is 4.72. The fourth-order valence-electron chi connectivity index (χ4n) is 3.25. The minimum atomic E-state index is 0. The maximum absolute atomic E-state index is 12.5. The number of carbonyl (C=O) groups is 1. The maximum atomic E-state index is 12.5. The predicted octanol–water partition coefficient (Wildman–Crippen LogP) is 4.68. The van der Waals surface area contributed by atoms with E-state index in [0.717, 1.165) is 31.7 Å². The second-order valence-electron chi connectivity index (χ2n) is 6.60. The number of pyridine rings is 1. The second-order valence-corrected chi connectivity index (χ2v) is 6.60. The van der Waals surface area contributed by atoms with Crippen molar-refractivity contribution in [3.63, 3.8) is 0 Å². The molecule has 1 unspecified atom stereocenters. The van der Waals surface area contributed by atoms with E-state index < -0.39 is 0 Å². The van der Waals surface area contributed by atoms with Crippen molar-refractivity contribution in [2.75, 3.05) is 18.4 Å². The normalized spacial score (nSPS) is 15.0. The Kier molecular flexibility index (Phi) is 10.1. The molecule has 1 atom stereocenters. The van der Waals surface area contributed by atoms with E-state index in [2.05, 4.69) is 22.5 Å². The van der Waals surface area contributed by atoms with Crippen molar-refractivity contribution >= 4 is 36.4 Å². The summed E-state index contributed by atoms with van der Waals surface area (Å²) in [5.41, 5.74) is 0.605. The zero-order valence-corrected chi connectivity index (χ0v) is 17.0. The van der Waals surface area contributed by atoms with Crippen LogP contribution in [0.3, 0.4) is 0 Å². The molecule has 3 rings (SSSR count). The molecule has 5 nitrogen and oxygen atoms in total. The Morgan fingerprint density at radius 3 is 2.63 bits per heavy atom. The molecule has 1 aliphatic heterocycles. The number of hydrogen-bond donors (Lipinski definition) is 2. The highest BCUT2D eigenvalue weighted by molar-refractivity contribution is 5.92. The van der Waals surface area contributed by atoms with Crippen molar-refractivity contribution in [3.8, 4) is 11.5 Å². The highest BCUT2D eigenvalue weighted by Gasteiger charge is 2.22. The Bertz CT molecular complexity index is 695. The Labute approximate surface area is 173 Å². The van der Waals surface area contributed by atoms with Gasteiger partial charge in [0, 0.05) is 18.7 Å². The van der Waals surface area contributed by atoms with Crippen molar-refractivity contribution < 1.29 is 9.53 Å². The van der Waals surface area contributed by atoms with Crippen LogP contribution >= 0.6 is 24.8 Å². The van der Waals surface area contributed by atoms with Gasteiger partial charge in [-0.25, -0.2) is 0 Å². The lowest BCUT2D eigenvalue weighted by Crippen LogP contribution is -2.32. The average molecular weight is 412 g/mol.